The van der Waals surface area contributed by atoms with Crippen LogP contribution in [0.25, 0.3) is 20.9 Å². The normalized spacial score (nSPS) is 10.9. The fourth-order valence-corrected chi connectivity index (χ4v) is 4.73. The van der Waals surface area contributed by atoms with Gasteiger partial charge in [-0.3, -0.25) is 4.90 Å². The van der Waals surface area contributed by atoms with E-state index in [0.29, 0.717) is 18.8 Å². The smallest absolute Gasteiger partial charge is 0.264 e. The van der Waals surface area contributed by atoms with Gasteiger partial charge in [-0.2, -0.15) is 0 Å². The molecule has 0 radical (unpaired) electrons. The maximum atomic E-state index is 11.9. The van der Waals surface area contributed by atoms with Crippen molar-refractivity contribution in [2.45, 2.75) is 22.9 Å². The van der Waals surface area contributed by atoms with Crippen molar-refractivity contribution >= 4 is 27.5 Å². The van der Waals surface area contributed by atoms with Gasteiger partial charge in [0.15, 0.2) is 0 Å². The van der Waals surface area contributed by atoms with E-state index in [1.807, 2.05) is 30.3 Å². The summed E-state index contributed by atoms with van der Waals surface area (Å²) in [4.78, 5) is 8.60. The maximum Gasteiger partial charge on any atom is 0.264 e. The molecule has 0 aromatic heterocycles. The Morgan fingerprint density at radius 3 is 2.00 bits per heavy atom. The minimum absolute atomic E-state index is 0.0381. The lowest BCUT2D eigenvalue weighted by Gasteiger charge is -2.23. The van der Waals surface area contributed by atoms with Crippen molar-refractivity contribution in [3.05, 3.63) is 111 Å². The van der Waals surface area contributed by atoms with Gasteiger partial charge < -0.3 is 0 Å². The molecule has 3 aromatic carbocycles. The van der Waals surface area contributed by atoms with E-state index in [1.54, 1.807) is 36.0 Å². The Morgan fingerprint density at radius 2 is 1.42 bits per heavy atom. The molecule has 33 heavy (non-hydrogen) atoms. The standard InChI is InChI=1S/C22H21N7O2S2/c23-26-25-20-10-6-18(7-11-20)16-29(14-15-32-21-4-2-1-3-5-21)17-19-8-12-22(13-9-19)33(30,31)28-27-24/h1-13H,14-17H2. The van der Waals surface area contributed by atoms with Gasteiger partial charge in [0.2, 0.25) is 0 Å². The lowest BCUT2D eigenvalue weighted by atomic mass is 10.1. The van der Waals surface area contributed by atoms with Gasteiger partial charge in [-0.05, 0) is 46.5 Å². The number of nitrogens with zero attached hydrogens (tertiary/aromatic N) is 7. The highest BCUT2D eigenvalue weighted by Gasteiger charge is 2.13. The molecular formula is C22H21N7O2S2. The molecule has 11 heteroatoms. The third-order valence-corrected chi connectivity index (χ3v) is 6.84. The fraction of sp³-hybridized carbons (Fsp3) is 0.182. The summed E-state index contributed by atoms with van der Waals surface area (Å²) in [5.74, 6) is 0.879. The lowest BCUT2D eigenvalue weighted by molar-refractivity contribution is 0.274. The van der Waals surface area contributed by atoms with E-state index < -0.39 is 10.0 Å². The molecular weight excluding hydrogens is 458 g/mol. The molecule has 0 saturated carbocycles. The van der Waals surface area contributed by atoms with E-state index in [9.17, 15) is 8.42 Å². The number of azide groups is 2. The highest BCUT2D eigenvalue weighted by atomic mass is 32.2. The van der Waals surface area contributed by atoms with Crippen LogP contribution in [0.1, 0.15) is 11.1 Å². The number of benzene rings is 3. The van der Waals surface area contributed by atoms with Gasteiger partial charge >= 0.3 is 0 Å². The summed E-state index contributed by atoms with van der Waals surface area (Å²) in [7, 11) is -4.00. The van der Waals surface area contributed by atoms with Crippen LogP contribution in [0, 0.1) is 0 Å². The summed E-state index contributed by atoms with van der Waals surface area (Å²) in [6, 6.07) is 23.9. The van der Waals surface area contributed by atoms with Crippen LogP contribution in [0.2, 0.25) is 0 Å². The molecule has 0 heterocycles. The fourth-order valence-electron chi connectivity index (χ4n) is 3.12. The Morgan fingerprint density at radius 1 is 0.818 bits per heavy atom. The van der Waals surface area contributed by atoms with Crippen LogP contribution in [0.4, 0.5) is 5.69 Å². The van der Waals surface area contributed by atoms with Gasteiger partial charge in [-0.1, -0.05) is 59.7 Å². The second-order valence-corrected chi connectivity index (χ2v) is 9.77. The van der Waals surface area contributed by atoms with Crippen molar-refractivity contribution in [2.24, 2.45) is 9.63 Å². The lowest BCUT2D eigenvalue weighted by Crippen LogP contribution is -2.25. The third kappa shape index (κ3) is 7.57. The topological polar surface area (TPSA) is 135 Å². The summed E-state index contributed by atoms with van der Waals surface area (Å²) < 4.78 is 26.7. The quantitative estimate of drug-likeness (QED) is 0.136. The molecule has 0 amide bonds. The molecule has 0 aliphatic heterocycles. The Labute approximate surface area is 196 Å². The number of sulfonamides is 1. The molecule has 168 valence electrons. The van der Waals surface area contributed by atoms with E-state index in [0.717, 1.165) is 23.4 Å². The van der Waals surface area contributed by atoms with E-state index in [2.05, 4.69) is 36.5 Å². The number of hydrogen-bond acceptors (Lipinski definition) is 5. The van der Waals surface area contributed by atoms with Gasteiger partial charge in [-0.15, -0.1) is 11.8 Å². The zero-order valence-electron chi connectivity index (χ0n) is 17.6. The molecule has 0 bridgehead atoms. The molecule has 3 rings (SSSR count). The van der Waals surface area contributed by atoms with Gasteiger partial charge in [0.05, 0.1) is 4.90 Å². The molecule has 0 spiro atoms. The molecule has 0 aliphatic rings. The van der Waals surface area contributed by atoms with Gasteiger partial charge in [0, 0.05) is 50.3 Å². The average Bonchev–Trinajstić information content (AvgIpc) is 2.81. The summed E-state index contributed by atoms with van der Waals surface area (Å²) >= 11 is 1.77. The number of hydrogen-bond donors (Lipinski definition) is 0. The molecule has 0 saturated heterocycles. The summed E-state index contributed by atoms with van der Waals surface area (Å²) in [6.45, 7) is 2.08. The van der Waals surface area contributed by atoms with E-state index in [-0.39, 0.29) is 4.90 Å². The molecule has 3 aromatic rings. The molecule has 0 fully saturated rings. The van der Waals surface area contributed by atoms with Gasteiger partial charge in [0.25, 0.3) is 10.0 Å². The van der Waals surface area contributed by atoms with Gasteiger partial charge in [0.1, 0.15) is 0 Å². The van der Waals surface area contributed by atoms with Crippen molar-refractivity contribution in [3.63, 3.8) is 0 Å². The first-order valence-electron chi connectivity index (χ1n) is 9.95. The maximum absolute atomic E-state index is 11.9. The number of thioether (sulfide) groups is 1. The Hall–Kier alpha value is -3.46. The molecule has 9 nitrogen and oxygen atoms in total. The van der Waals surface area contributed by atoms with Crippen molar-refractivity contribution in [1.29, 1.82) is 0 Å². The predicted octanol–water partition coefficient (Wildman–Crippen LogP) is 6.42. The van der Waals surface area contributed by atoms with Crippen molar-refractivity contribution in [2.75, 3.05) is 12.3 Å². The molecule has 0 aliphatic carbocycles. The van der Waals surface area contributed by atoms with Crippen LogP contribution in [-0.4, -0.2) is 25.6 Å². The zero-order valence-corrected chi connectivity index (χ0v) is 19.2. The van der Waals surface area contributed by atoms with Crippen LogP contribution in [-0.2, 0) is 23.1 Å². The predicted molar refractivity (Wildman–Crippen MR) is 129 cm³/mol. The van der Waals surface area contributed by atoms with Crippen molar-refractivity contribution in [3.8, 4) is 0 Å². The zero-order chi connectivity index (χ0) is 23.5. The third-order valence-electron chi connectivity index (χ3n) is 4.69. The highest BCUT2D eigenvalue weighted by Crippen LogP contribution is 2.20. The Balaban J connectivity index is 1.72. The van der Waals surface area contributed by atoms with Crippen molar-refractivity contribution < 1.29 is 8.42 Å². The second kappa shape index (κ2) is 12.0. The monoisotopic (exact) mass is 479 g/mol. The van der Waals surface area contributed by atoms with Crippen LogP contribution < -0.4 is 0 Å². The second-order valence-electron chi connectivity index (χ2n) is 7.02. The minimum Gasteiger partial charge on any atom is -0.294 e. The van der Waals surface area contributed by atoms with Crippen LogP contribution >= 0.6 is 11.8 Å². The Bertz CT molecular complexity index is 1250. The van der Waals surface area contributed by atoms with Gasteiger partial charge in [-0.25, -0.2) is 8.42 Å². The van der Waals surface area contributed by atoms with E-state index in [1.165, 1.54) is 17.0 Å². The number of rotatable bonds is 11. The molecule has 0 N–H and O–H groups in total. The average molecular weight is 480 g/mol. The highest BCUT2D eigenvalue weighted by molar-refractivity contribution is 7.99. The van der Waals surface area contributed by atoms with E-state index in [4.69, 9.17) is 11.1 Å². The first-order chi connectivity index (χ1) is 16.0. The SMILES string of the molecule is [N-]=[N+]=Nc1ccc(CN(CCSc2ccccc2)Cc2ccc(S(=O)(=O)N=[N+]=[N-])cc2)cc1. The van der Waals surface area contributed by atoms with Crippen LogP contribution in [0.15, 0.2) is 98.3 Å². The molecule has 0 unspecified atom stereocenters. The summed E-state index contributed by atoms with van der Waals surface area (Å²) in [5.41, 5.74) is 19.6. The van der Waals surface area contributed by atoms with Crippen molar-refractivity contribution in [1.82, 2.24) is 4.90 Å². The first-order valence-corrected chi connectivity index (χ1v) is 12.4. The Kier molecular flexibility index (Phi) is 8.77. The summed E-state index contributed by atoms with van der Waals surface area (Å²) in [5, 5.41) is 3.60. The van der Waals surface area contributed by atoms with Crippen LogP contribution in [0.3, 0.4) is 0 Å². The van der Waals surface area contributed by atoms with E-state index >= 15 is 0 Å². The molecule has 0 atom stereocenters. The largest absolute Gasteiger partial charge is 0.294 e. The first kappa shape index (κ1) is 24.2. The van der Waals surface area contributed by atoms with Crippen LogP contribution in [0.5, 0.6) is 0 Å². The summed E-state index contributed by atoms with van der Waals surface area (Å²) in [6.07, 6.45) is 0. The minimum atomic E-state index is -4.00.